The van der Waals surface area contributed by atoms with Gasteiger partial charge in [-0.3, -0.25) is 4.79 Å². The molecule has 0 bridgehead atoms. The fraction of sp³-hybridized carbons (Fsp3) is 0.485. The molecule has 0 aliphatic rings. The Morgan fingerprint density at radius 3 is 2.33 bits per heavy atom. The number of anilines is 2. The number of hydrogen-bond donors (Lipinski definition) is 1. The topological polar surface area (TPSA) is 67.4 Å². The van der Waals surface area contributed by atoms with Crippen LogP contribution in [0.1, 0.15) is 97.7 Å². The first-order valence-electron chi connectivity index (χ1n) is 14.3. The molecule has 3 rings (SSSR count). The molecule has 6 nitrogen and oxygen atoms in total. The second-order valence-electron chi connectivity index (χ2n) is 8.32. The normalized spacial score (nSPS) is 9.62. The number of ether oxygens (including phenoxy) is 1. The highest BCUT2D eigenvalue weighted by Gasteiger charge is 2.21. The quantitative estimate of drug-likeness (QED) is 0.220. The third kappa shape index (κ3) is 12.3. The van der Waals surface area contributed by atoms with Gasteiger partial charge in [0.2, 0.25) is 5.95 Å². The van der Waals surface area contributed by atoms with Gasteiger partial charge in [-0.15, -0.1) is 0 Å². The van der Waals surface area contributed by atoms with Crippen molar-refractivity contribution < 1.29 is 11.0 Å². The second-order valence-corrected chi connectivity index (χ2v) is 8.32. The minimum atomic E-state index is -0.0968. The molecule has 0 radical (unpaired) electrons. The van der Waals surface area contributed by atoms with Crippen molar-refractivity contribution in [3.05, 3.63) is 77.6 Å². The number of aromatic nitrogens is 2. The fourth-order valence-electron chi connectivity index (χ4n) is 3.82. The van der Waals surface area contributed by atoms with E-state index in [0.717, 1.165) is 50.1 Å². The minimum absolute atomic E-state index is 0. The van der Waals surface area contributed by atoms with Crippen molar-refractivity contribution in [1.82, 2.24) is 9.97 Å². The maximum atomic E-state index is 13.4. The first-order valence-corrected chi connectivity index (χ1v) is 14.3. The summed E-state index contributed by atoms with van der Waals surface area (Å²) < 4.78 is 6.01. The van der Waals surface area contributed by atoms with E-state index in [9.17, 15) is 4.79 Å². The second kappa shape index (κ2) is 21.5. The van der Waals surface area contributed by atoms with E-state index in [4.69, 9.17) is 4.74 Å². The summed E-state index contributed by atoms with van der Waals surface area (Å²) in [6, 6.07) is 18.4. The lowest BCUT2D eigenvalue weighted by Gasteiger charge is -2.23. The molecule has 1 aromatic heterocycles. The lowest BCUT2D eigenvalue weighted by atomic mass is 10.1. The number of carbonyl (C=O) groups excluding carboxylic acids is 1. The molecule has 0 aliphatic heterocycles. The van der Waals surface area contributed by atoms with Crippen molar-refractivity contribution in [3.63, 3.8) is 0 Å². The van der Waals surface area contributed by atoms with Crippen LogP contribution in [0.2, 0.25) is 0 Å². The van der Waals surface area contributed by atoms with Gasteiger partial charge in [-0.05, 0) is 63.6 Å². The molecule has 218 valence electrons. The first-order chi connectivity index (χ1) is 18.6. The van der Waals surface area contributed by atoms with Gasteiger partial charge in [0.25, 0.3) is 5.91 Å². The Morgan fingerprint density at radius 1 is 0.974 bits per heavy atom. The van der Waals surface area contributed by atoms with Crippen molar-refractivity contribution in [2.45, 2.75) is 88.0 Å². The van der Waals surface area contributed by atoms with E-state index in [1.54, 1.807) is 11.1 Å². The third-order valence-electron chi connectivity index (χ3n) is 5.59. The van der Waals surface area contributed by atoms with E-state index < -0.39 is 0 Å². The van der Waals surface area contributed by atoms with Gasteiger partial charge in [-0.2, -0.15) is 0 Å². The number of rotatable bonds is 13. The summed E-state index contributed by atoms with van der Waals surface area (Å²) in [6.45, 7) is 15.9. The number of carbonyl (C=O) groups is 1. The minimum Gasteiger partial charge on any atom is -0.494 e. The monoisotopic (exact) mass is 538 g/mol. The molecule has 0 atom stereocenters. The van der Waals surface area contributed by atoms with Crippen LogP contribution in [0.4, 0.5) is 11.6 Å². The zero-order chi connectivity index (χ0) is 28.2. The molecule has 0 saturated carbocycles. The number of benzene rings is 2. The Morgan fingerprint density at radius 2 is 1.69 bits per heavy atom. The summed E-state index contributed by atoms with van der Waals surface area (Å²) >= 11 is 0. The Hall–Kier alpha value is -3.41. The lowest BCUT2D eigenvalue weighted by Crippen LogP contribution is -2.32. The van der Waals surface area contributed by atoms with Gasteiger partial charge >= 0.3 is 0 Å². The SMILES string of the molecule is C.CC.CC.CCCN(C(=O)c1cnc(NCC)nc1C)c1cccc(OCCCCCc2ccccc2)c1.[HH]. The van der Waals surface area contributed by atoms with Gasteiger partial charge in [0.1, 0.15) is 5.75 Å². The lowest BCUT2D eigenvalue weighted by molar-refractivity contribution is 0.0985. The summed E-state index contributed by atoms with van der Waals surface area (Å²) in [5, 5.41) is 3.08. The summed E-state index contributed by atoms with van der Waals surface area (Å²) in [6.07, 6.45) is 6.83. The Bertz CT molecular complexity index is 1050. The van der Waals surface area contributed by atoms with Gasteiger partial charge in [0.15, 0.2) is 0 Å². The van der Waals surface area contributed by atoms with Crippen LogP contribution in [0, 0.1) is 6.92 Å². The molecule has 39 heavy (non-hydrogen) atoms. The molecular formula is C33H54N4O2. The summed E-state index contributed by atoms with van der Waals surface area (Å²) in [5.74, 6) is 1.23. The van der Waals surface area contributed by atoms with E-state index in [2.05, 4.69) is 52.5 Å². The van der Waals surface area contributed by atoms with Gasteiger partial charge in [-0.1, -0.05) is 78.4 Å². The molecular weight excluding hydrogens is 484 g/mol. The van der Waals surface area contributed by atoms with Crippen LogP contribution in [0.5, 0.6) is 5.75 Å². The largest absolute Gasteiger partial charge is 0.494 e. The molecule has 6 heteroatoms. The van der Waals surface area contributed by atoms with Crippen LogP contribution in [0.25, 0.3) is 0 Å². The molecule has 0 saturated heterocycles. The standard InChI is InChI=1S/C28H36N4O2.2C2H6.CH4.H2/c1-4-18-32(27(33)26-21-30-28(29-5-2)31-22(26)3)24-16-12-17-25(20-24)34-19-11-7-10-15-23-13-8-6-9-14-23;2*1-2;;/h6,8-9,12-14,16-17,20-21H,4-5,7,10-11,15,18-19H2,1-3H3,(H,29,30,31);2*1-2H3;1H4;1H. The molecule has 2 aromatic carbocycles. The summed E-state index contributed by atoms with van der Waals surface area (Å²) in [5.41, 5.74) is 3.39. The van der Waals surface area contributed by atoms with Gasteiger partial charge in [0, 0.05) is 32.5 Å². The molecule has 0 spiro atoms. The Kier molecular flexibility index (Phi) is 19.6. The molecule has 0 unspecified atom stereocenters. The molecule has 3 aromatic rings. The average molecular weight is 539 g/mol. The molecule has 0 fully saturated rings. The zero-order valence-corrected chi connectivity index (χ0v) is 24.6. The Labute approximate surface area is 239 Å². The van der Waals surface area contributed by atoms with Crippen molar-refractivity contribution in [2.24, 2.45) is 0 Å². The fourth-order valence-corrected chi connectivity index (χ4v) is 3.82. The van der Waals surface area contributed by atoms with Gasteiger partial charge < -0.3 is 15.0 Å². The number of nitrogens with one attached hydrogen (secondary N) is 1. The van der Waals surface area contributed by atoms with E-state index in [-0.39, 0.29) is 14.8 Å². The number of hydrogen-bond acceptors (Lipinski definition) is 5. The number of aryl methyl sites for hydroxylation is 2. The van der Waals surface area contributed by atoms with E-state index >= 15 is 0 Å². The predicted octanol–water partition coefficient (Wildman–Crippen LogP) is 9.00. The van der Waals surface area contributed by atoms with Crippen LogP contribution >= 0.6 is 0 Å². The highest BCUT2D eigenvalue weighted by atomic mass is 16.5. The number of nitrogens with zero attached hydrogens (tertiary/aromatic N) is 3. The van der Waals surface area contributed by atoms with Crippen molar-refractivity contribution >= 4 is 17.5 Å². The van der Waals surface area contributed by atoms with Crippen molar-refractivity contribution in [2.75, 3.05) is 29.9 Å². The molecule has 1 N–H and O–H groups in total. The van der Waals surface area contributed by atoms with Crippen LogP contribution in [0.15, 0.2) is 60.8 Å². The number of unbranched alkanes of at least 4 members (excludes halogenated alkanes) is 2. The van der Waals surface area contributed by atoms with Gasteiger partial charge in [0.05, 0.1) is 17.9 Å². The summed E-state index contributed by atoms with van der Waals surface area (Å²) in [4.78, 5) is 23.9. The van der Waals surface area contributed by atoms with Crippen LogP contribution in [0.3, 0.4) is 0 Å². The zero-order valence-electron chi connectivity index (χ0n) is 24.6. The first kappa shape index (κ1) is 35.6. The van der Waals surface area contributed by atoms with E-state index in [1.165, 1.54) is 5.56 Å². The van der Waals surface area contributed by atoms with Crippen LogP contribution in [-0.4, -0.2) is 35.6 Å². The van der Waals surface area contributed by atoms with Crippen molar-refractivity contribution in [3.8, 4) is 5.75 Å². The molecule has 1 heterocycles. The number of amides is 1. The molecule has 0 aliphatic carbocycles. The maximum Gasteiger partial charge on any atom is 0.261 e. The van der Waals surface area contributed by atoms with Crippen molar-refractivity contribution in [1.29, 1.82) is 0 Å². The predicted molar refractivity (Wildman–Crippen MR) is 170 cm³/mol. The van der Waals surface area contributed by atoms with Gasteiger partial charge in [-0.25, -0.2) is 9.97 Å². The van der Waals surface area contributed by atoms with Crippen LogP contribution < -0.4 is 15.0 Å². The van der Waals surface area contributed by atoms with E-state index in [1.807, 2.05) is 65.8 Å². The molecule has 1 amide bonds. The summed E-state index contributed by atoms with van der Waals surface area (Å²) in [7, 11) is 0. The highest BCUT2D eigenvalue weighted by Crippen LogP contribution is 2.24. The third-order valence-corrected chi connectivity index (χ3v) is 5.59. The smallest absolute Gasteiger partial charge is 0.261 e. The Balaban J connectivity index is 0. The highest BCUT2D eigenvalue weighted by molar-refractivity contribution is 6.06. The van der Waals surface area contributed by atoms with Crippen LogP contribution in [-0.2, 0) is 6.42 Å². The van der Waals surface area contributed by atoms with E-state index in [0.29, 0.717) is 30.4 Å². The average Bonchev–Trinajstić information content (AvgIpc) is 2.96. The maximum absolute atomic E-state index is 13.4.